The Morgan fingerprint density at radius 3 is 2.39 bits per heavy atom. The van der Waals surface area contributed by atoms with Crippen LogP contribution in [0.25, 0.3) is 21.9 Å². The normalized spacial score (nSPS) is 10.7. The van der Waals surface area contributed by atoms with Gasteiger partial charge in [-0.2, -0.15) is 0 Å². The van der Waals surface area contributed by atoms with Crippen molar-refractivity contribution in [3.05, 3.63) is 60.7 Å². The average molecular weight is 235 g/mol. The number of para-hydroxylation sites is 1. The summed E-state index contributed by atoms with van der Waals surface area (Å²) in [7, 11) is 0. The summed E-state index contributed by atoms with van der Waals surface area (Å²) in [5.41, 5.74) is 8.80. The molecule has 0 atom stereocenters. The molecule has 0 fully saturated rings. The minimum atomic E-state index is 0.268. The van der Waals surface area contributed by atoms with E-state index in [9.17, 15) is 5.11 Å². The van der Waals surface area contributed by atoms with E-state index in [1.54, 1.807) is 12.1 Å². The van der Waals surface area contributed by atoms with Crippen LogP contribution in [0.3, 0.4) is 0 Å². The maximum atomic E-state index is 9.64. The fourth-order valence-corrected chi connectivity index (χ4v) is 2.24. The van der Waals surface area contributed by atoms with Gasteiger partial charge in [-0.25, -0.2) is 0 Å². The van der Waals surface area contributed by atoms with Crippen LogP contribution in [0.15, 0.2) is 60.7 Å². The van der Waals surface area contributed by atoms with Gasteiger partial charge in [0, 0.05) is 11.3 Å². The van der Waals surface area contributed by atoms with E-state index in [-0.39, 0.29) is 5.75 Å². The molecule has 0 aromatic heterocycles. The molecule has 0 bridgehead atoms. The number of hydrogen-bond donors (Lipinski definition) is 2. The largest absolute Gasteiger partial charge is 0.508 e. The van der Waals surface area contributed by atoms with E-state index in [2.05, 4.69) is 0 Å². The molecule has 88 valence electrons. The van der Waals surface area contributed by atoms with Crippen LogP contribution in [-0.4, -0.2) is 5.11 Å². The molecule has 0 saturated heterocycles. The highest BCUT2D eigenvalue weighted by Gasteiger charge is 2.06. The molecule has 2 nitrogen and oxygen atoms in total. The highest BCUT2D eigenvalue weighted by atomic mass is 16.3. The quantitative estimate of drug-likeness (QED) is 0.630. The molecule has 3 aromatic carbocycles. The Labute approximate surface area is 105 Å². The van der Waals surface area contributed by atoms with Gasteiger partial charge in [-0.05, 0) is 34.5 Å². The van der Waals surface area contributed by atoms with Gasteiger partial charge in [-0.1, -0.05) is 42.5 Å². The molecule has 3 aromatic rings. The molecule has 0 radical (unpaired) electrons. The molecule has 3 rings (SSSR count). The van der Waals surface area contributed by atoms with Gasteiger partial charge in [0.1, 0.15) is 5.75 Å². The summed E-state index contributed by atoms with van der Waals surface area (Å²) in [6.07, 6.45) is 0. The van der Waals surface area contributed by atoms with Crippen molar-refractivity contribution >= 4 is 16.5 Å². The summed E-state index contributed by atoms with van der Waals surface area (Å²) < 4.78 is 0. The SMILES string of the molecule is Nc1ccccc1-c1cccc2ccc(O)cc12. The van der Waals surface area contributed by atoms with E-state index in [0.717, 1.165) is 27.6 Å². The zero-order chi connectivity index (χ0) is 12.5. The predicted octanol–water partition coefficient (Wildman–Crippen LogP) is 3.79. The lowest BCUT2D eigenvalue weighted by molar-refractivity contribution is 0.476. The Morgan fingerprint density at radius 1 is 0.778 bits per heavy atom. The van der Waals surface area contributed by atoms with Gasteiger partial charge in [0.05, 0.1) is 0 Å². The minimum absolute atomic E-state index is 0.268. The van der Waals surface area contributed by atoms with Crippen LogP contribution in [0.5, 0.6) is 5.75 Å². The average Bonchev–Trinajstić information content (AvgIpc) is 2.39. The summed E-state index contributed by atoms with van der Waals surface area (Å²) in [5, 5.41) is 11.7. The topological polar surface area (TPSA) is 46.2 Å². The van der Waals surface area contributed by atoms with Gasteiger partial charge in [-0.15, -0.1) is 0 Å². The first-order valence-corrected chi connectivity index (χ1v) is 5.82. The number of nitrogen functional groups attached to an aromatic ring is 1. The van der Waals surface area contributed by atoms with Crippen LogP contribution in [0.4, 0.5) is 5.69 Å². The molecule has 18 heavy (non-hydrogen) atoms. The first-order valence-electron chi connectivity index (χ1n) is 5.82. The van der Waals surface area contributed by atoms with Crippen LogP contribution in [0, 0.1) is 0 Å². The van der Waals surface area contributed by atoms with Crippen molar-refractivity contribution in [1.29, 1.82) is 0 Å². The van der Waals surface area contributed by atoms with Crippen molar-refractivity contribution < 1.29 is 5.11 Å². The maximum Gasteiger partial charge on any atom is 0.116 e. The Hall–Kier alpha value is -2.48. The smallest absolute Gasteiger partial charge is 0.116 e. The summed E-state index contributed by atoms with van der Waals surface area (Å²) in [5.74, 6) is 0.268. The lowest BCUT2D eigenvalue weighted by atomic mass is 9.97. The second kappa shape index (κ2) is 4.08. The molecular formula is C16H13NO. The fourth-order valence-electron chi connectivity index (χ4n) is 2.24. The number of fused-ring (bicyclic) bond motifs is 1. The van der Waals surface area contributed by atoms with E-state index < -0.39 is 0 Å². The summed E-state index contributed by atoms with van der Waals surface area (Å²) in [4.78, 5) is 0. The van der Waals surface area contributed by atoms with Crippen LogP contribution >= 0.6 is 0 Å². The van der Waals surface area contributed by atoms with Crippen LogP contribution in [0.1, 0.15) is 0 Å². The molecule has 0 unspecified atom stereocenters. The zero-order valence-corrected chi connectivity index (χ0v) is 9.80. The van der Waals surface area contributed by atoms with E-state index in [4.69, 9.17) is 5.73 Å². The standard InChI is InChI=1S/C16H13NO/c17-16-7-2-1-5-14(16)13-6-3-4-11-8-9-12(18)10-15(11)13/h1-10,18H,17H2. The van der Waals surface area contributed by atoms with E-state index in [0.29, 0.717) is 0 Å². The highest BCUT2D eigenvalue weighted by molar-refractivity contribution is 5.99. The number of aromatic hydroxyl groups is 1. The molecule has 0 aliphatic rings. The second-order valence-corrected chi connectivity index (χ2v) is 4.30. The molecule has 0 aliphatic heterocycles. The minimum Gasteiger partial charge on any atom is -0.508 e. The number of hydrogen-bond acceptors (Lipinski definition) is 2. The van der Waals surface area contributed by atoms with E-state index >= 15 is 0 Å². The third-order valence-corrected chi connectivity index (χ3v) is 3.12. The van der Waals surface area contributed by atoms with Gasteiger partial charge >= 0.3 is 0 Å². The number of phenolic OH excluding ortho intramolecular Hbond substituents is 1. The van der Waals surface area contributed by atoms with Gasteiger partial charge < -0.3 is 10.8 Å². The third-order valence-electron chi connectivity index (χ3n) is 3.12. The maximum absolute atomic E-state index is 9.64. The molecule has 0 aliphatic carbocycles. The van der Waals surface area contributed by atoms with Crippen LogP contribution in [-0.2, 0) is 0 Å². The van der Waals surface area contributed by atoms with Gasteiger partial charge in [0.15, 0.2) is 0 Å². The van der Waals surface area contributed by atoms with Crippen molar-refractivity contribution in [2.45, 2.75) is 0 Å². The first kappa shape index (κ1) is 10.7. The van der Waals surface area contributed by atoms with Crippen molar-refractivity contribution in [3.8, 4) is 16.9 Å². The Balaban J connectivity index is 2.36. The lowest BCUT2D eigenvalue weighted by Crippen LogP contribution is -1.90. The Morgan fingerprint density at radius 2 is 1.56 bits per heavy atom. The van der Waals surface area contributed by atoms with Crippen molar-refractivity contribution in [3.63, 3.8) is 0 Å². The molecule has 3 N–H and O–H groups in total. The highest BCUT2D eigenvalue weighted by Crippen LogP contribution is 2.33. The van der Waals surface area contributed by atoms with Gasteiger partial charge in [0.2, 0.25) is 0 Å². The monoisotopic (exact) mass is 235 g/mol. The molecule has 0 heterocycles. The van der Waals surface area contributed by atoms with Crippen molar-refractivity contribution in [2.24, 2.45) is 0 Å². The van der Waals surface area contributed by atoms with Crippen LogP contribution in [0.2, 0.25) is 0 Å². The van der Waals surface area contributed by atoms with Gasteiger partial charge in [0.25, 0.3) is 0 Å². The summed E-state index contributed by atoms with van der Waals surface area (Å²) >= 11 is 0. The van der Waals surface area contributed by atoms with E-state index in [1.165, 1.54) is 0 Å². The third kappa shape index (κ3) is 1.68. The van der Waals surface area contributed by atoms with Crippen molar-refractivity contribution in [1.82, 2.24) is 0 Å². The Kier molecular flexibility index (Phi) is 2.41. The van der Waals surface area contributed by atoms with Crippen LogP contribution < -0.4 is 5.73 Å². The number of rotatable bonds is 1. The number of anilines is 1. The predicted molar refractivity (Wildman–Crippen MR) is 75.5 cm³/mol. The fraction of sp³-hybridized carbons (Fsp3) is 0. The number of nitrogens with two attached hydrogens (primary N) is 1. The summed E-state index contributed by atoms with van der Waals surface area (Å²) in [6, 6.07) is 19.2. The Bertz CT molecular complexity index is 719. The number of phenols is 1. The molecule has 2 heteroatoms. The molecule has 0 amide bonds. The lowest BCUT2D eigenvalue weighted by Gasteiger charge is -2.09. The second-order valence-electron chi connectivity index (χ2n) is 4.30. The number of benzene rings is 3. The first-order chi connectivity index (χ1) is 8.75. The molecule has 0 saturated carbocycles. The van der Waals surface area contributed by atoms with Gasteiger partial charge in [-0.3, -0.25) is 0 Å². The zero-order valence-electron chi connectivity index (χ0n) is 9.80. The van der Waals surface area contributed by atoms with E-state index in [1.807, 2.05) is 48.5 Å². The van der Waals surface area contributed by atoms with Crippen molar-refractivity contribution in [2.75, 3.05) is 5.73 Å². The molecule has 0 spiro atoms. The summed E-state index contributed by atoms with van der Waals surface area (Å²) in [6.45, 7) is 0. The molecular weight excluding hydrogens is 222 g/mol.